The maximum absolute atomic E-state index is 2.25. The Morgan fingerprint density at radius 2 is 0.216 bits per heavy atom. The highest BCUT2D eigenvalue weighted by Crippen LogP contribution is 2.34. The van der Waals surface area contributed by atoms with Crippen molar-refractivity contribution in [3.05, 3.63) is 422 Å². The summed E-state index contributed by atoms with van der Waals surface area (Å²) in [6.45, 7) is 70.6. The number of hydrogen-bond donors (Lipinski definition) is 0. The quantitative estimate of drug-likeness (QED) is 0.128. The van der Waals surface area contributed by atoms with Gasteiger partial charge in [0.1, 0.15) is 0 Å². The second-order valence-electron chi connectivity index (χ2n) is 24.0. The van der Waals surface area contributed by atoms with Crippen LogP contribution >= 0.6 is 0 Å². The van der Waals surface area contributed by atoms with Gasteiger partial charge in [-0.15, -0.1) is 0 Å². The first-order chi connectivity index (χ1) is 61.6. The van der Waals surface area contributed by atoms with Gasteiger partial charge in [-0.25, -0.2) is 0 Å². The third-order valence-corrected chi connectivity index (χ3v) is 16.8. The van der Waals surface area contributed by atoms with Crippen molar-refractivity contribution in [2.75, 3.05) is 0 Å². The monoisotopic (exact) mass is 1670 g/mol. The minimum absolute atomic E-state index is 1.26. The van der Waals surface area contributed by atoms with Crippen LogP contribution in [0.4, 0.5) is 0 Å². The standard InChI is InChI=1S/5C19H16.15C2H6/c1-15-7-5-10-17(13-15)19-12-6-11-18(14-19)16-8-3-2-4-9-16;1-15-6-5-9-19(14-15)18-12-10-17(11-13-18)16-7-3-2-4-8-16;1-15-11-13-17(14-12-15)19-10-6-5-9-18(19)16-7-3-2-4-8-16;1-15-10-12-17(13-11-15)19-9-5-8-18(14-19)16-6-3-2-4-7-16;1-15-7-9-17(10-8-15)19-13-11-18(12-14-19)16-5-3-2-4-6-16;15*1-2/h5*2-14H,1H3;15*1-2H3. The molecule has 0 heterocycles. The summed E-state index contributed by atoms with van der Waals surface area (Å²) in [5, 5.41) is 0. The Morgan fingerprint density at radius 3 is 0.440 bits per heavy atom. The Hall–Kier alpha value is -11.7. The number of aryl methyl sites for hydroxylation is 5. The van der Waals surface area contributed by atoms with Crippen molar-refractivity contribution < 1.29 is 0 Å². The first-order valence-corrected chi connectivity index (χ1v) is 47.8. The fraction of sp³-hybridized carbons (Fsp3) is 0.280. The normalized spacial score (nSPS) is 8.60. The number of benzene rings is 15. The molecule has 0 heteroatoms. The van der Waals surface area contributed by atoms with Crippen molar-refractivity contribution in [2.24, 2.45) is 0 Å². The Balaban J connectivity index is -0.000000445. The number of rotatable bonds is 10. The smallest absolute Gasteiger partial charge is 0.0105 e. The fourth-order valence-corrected chi connectivity index (χ4v) is 11.5. The molecule has 0 saturated heterocycles. The van der Waals surface area contributed by atoms with E-state index in [2.05, 4.69) is 405 Å². The van der Waals surface area contributed by atoms with E-state index in [1.54, 1.807) is 0 Å². The topological polar surface area (TPSA) is 0 Å². The van der Waals surface area contributed by atoms with Gasteiger partial charge in [-0.05, 0) is 158 Å². The van der Waals surface area contributed by atoms with Gasteiger partial charge in [-0.1, -0.05) is 618 Å². The summed E-state index contributed by atoms with van der Waals surface area (Å²) in [4.78, 5) is 0. The zero-order chi connectivity index (χ0) is 95.4. The van der Waals surface area contributed by atoms with Gasteiger partial charge in [0.15, 0.2) is 0 Å². The van der Waals surface area contributed by atoms with E-state index in [1.807, 2.05) is 232 Å². The van der Waals surface area contributed by atoms with E-state index in [-0.39, 0.29) is 0 Å². The summed E-state index contributed by atoms with van der Waals surface area (Å²) in [7, 11) is 0. The SMILES string of the molecule is CC.CC.CC.CC.CC.CC.CC.CC.CC.CC.CC.CC.CC.CC.CC.Cc1ccc(-c2ccc(-c3ccccc3)cc2)cc1.Cc1ccc(-c2cccc(-c3ccccc3)c2)cc1.Cc1ccc(-c2ccccc2-c2ccccc2)cc1.Cc1cccc(-c2ccc(-c3ccccc3)cc2)c1.Cc1cccc(-c2cccc(-c3ccccc3)c2)c1. The predicted octanol–water partition coefficient (Wildman–Crippen LogP) is 42.0. The molecule has 670 valence electrons. The van der Waals surface area contributed by atoms with Crippen molar-refractivity contribution in [1.82, 2.24) is 0 Å². The zero-order valence-electron chi connectivity index (χ0n) is 85.0. The summed E-state index contributed by atoms with van der Waals surface area (Å²) in [5.74, 6) is 0. The van der Waals surface area contributed by atoms with Crippen LogP contribution in [0.5, 0.6) is 0 Å². The van der Waals surface area contributed by atoms with Gasteiger partial charge in [0.2, 0.25) is 0 Å². The van der Waals surface area contributed by atoms with Crippen molar-refractivity contribution in [1.29, 1.82) is 0 Å². The van der Waals surface area contributed by atoms with Crippen LogP contribution in [0.1, 0.15) is 236 Å². The molecule has 15 aromatic rings. The summed E-state index contributed by atoms with van der Waals surface area (Å²) in [6, 6.07) is 139. The minimum Gasteiger partial charge on any atom is -0.0683 e. The molecule has 0 atom stereocenters. The highest BCUT2D eigenvalue weighted by molar-refractivity contribution is 5.84. The highest BCUT2D eigenvalue weighted by Gasteiger charge is 2.08. The van der Waals surface area contributed by atoms with Crippen LogP contribution in [0.2, 0.25) is 0 Å². The zero-order valence-corrected chi connectivity index (χ0v) is 85.0. The van der Waals surface area contributed by atoms with Gasteiger partial charge in [-0.2, -0.15) is 0 Å². The van der Waals surface area contributed by atoms with E-state index in [0.29, 0.717) is 0 Å². The Morgan fingerprint density at radius 1 is 0.0880 bits per heavy atom. The molecule has 0 saturated carbocycles. The lowest BCUT2D eigenvalue weighted by Gasteiger charge is -2.10. The van der Waals surface area contributed by atoms with Crippen LogP contribution < -0.4 is 0 Å². The van der Waals surface area contributed by atoms with E-state index < -0.39 is 0 Å². The largest absolute Gasteiger partial charge is 0.0683 e. The molecule has 0 aliphatic heterocycles. The van der Waals surface area contributed by atoms with E-state index in [0.717, 1.165) is 0 Å². The van der Waals surface area contributed by atoms with Gasteiger partial charge >= 0.3 is 0 Å². The average Bonchev–Trinajstić information content (AvgIpc) is 0.834. The third-order valence-electron chi connectivity index (χ3n) is 16.8. The predicted molar refractivity (Wildman–Crippen MR) is 580 cm³/mol. The molecule has 0 radical (unpaired) electrons. The van der Waals surface area contributed by atoms with Gasteiger partial charge in [0.05, 0.1) is 0 Å². The molecule has 0 nitrogen and oxygen atoms in total. The number of hydrogen-bond acceptors (Lipinski definition) is 0. The molecule has 0 fully saturated rings. The Bertz CT molecular complexity index is 4760. The first kappa shape index (κ1) is 122. The van der Waals surface area contributed by atoms with Gasteiger partial charge in [-0.3, -0.25) is 0 Å². The minimum atomic E-state index is 1.26. The molecule has 0 unspecified atom stereocenters. The first-order valence-electron chi connectivity index (χ1n) is 47.8. The summed E-state index contributed by atoms with van der Waals surface area (Å²) in [5.41, 5.74) is 31.8. The van der Waals surface area contributed by atoms with E-state index >= 15 is 0 Å². The molecule has 0 aromatic heterocycles. The van der Waals surface area contributed by atoms with Crippen LogP contribution in [0.25, 0.3) is 111 Å². The van der Waals surface area contributed by atoms with Crippen LogP contribution in [-0.4, -0.2) is 0 Å². The molecule has 0 aliphatic rings. The van der Waals surface area contributed by atoms with Crippen LogP contribution in [0.15, 0.2) is 394 Å². The molecule has 0 amide bonds. The second-order valence-corrected chi connectivity index (χ2v) is 24.0. The van der Waals surface area contributed by atoms with E-state index in [4.69, 9.17) is 0 Å². The Labute approximate surface area is 770 Å². The maximum atomic E-state index is 2.25. The molecule has 15 aromatic carbocycles. The highest BCUT2D eigenvalue weighted by atomic mass is 14.1. The van der Waals surface area contributed by atoms with Crippen LogP contribution in [0, 0.1) is 34.6 Å². The third kappa shape index (κ3) is 47.7. The van der Waals surface area contributed by atoms with Crippen LogP contribution in [0.3, 0.4) is 0 Å². The fourth-order valence-electron chi connectivity index (χ4n) is 11.5. The summed E-state index contributed by atoms with van der Waals surface area (Å²) < 4.78 is 0. The van der Waals surface area contributed by atoms with E-state index in [9.17, 15) is 0 Å². The van der Waals surface area contributed by atoms with Gasteiger partial charge in [0, 0.05) is 0 Å². The van der Waals surface area contributed by atoms with Crippen molar-refractivity contribution in [2.45, 2.75) is 242 Å². The molecule has 0 N–H and O–H groups in total. The lowest BCUT2D eigenvalue weighted by Crippen LogP contribution is -1.84. The lowest BCUT2D eigenvalue weighted by atomic mass is 9.94. The molecule has 125 heavy (non-hydrogen) atoms. The molecular formula is C125H170. The molecule has 0 bridgehead atoms. The maximum Gasteiger partial charge on any atom is -0.0105 e. The van der Waals surface area contributed by atoms with E-state index in [1.165, 1.54) is 139 Å². The lowest BCUT2D eigenvalue weighted by molar-refractivity contribution is 1.47. The molecule has 0 aliphatic carbocycles. The van der Waals surface area contributed by atoms with Crippen LogP contribution in [-0.2, 0) is 0 Å². The Kier molecular flexibility index (Phi) is 82.4. The molecular weight excluding hydrogens is 1500 g/mol. The van der Waals surface area contributed by atoms with Crippen molar-refractivity contribution in [3.8, 4) is 111 Å². The van der Waals surface area contributed by atoms with Crippen molar-refractivity contribution in [3.63, 3.8) is 0 Å². The molecule has 0 spiro atoms. The average molecular weight is 1670 g/mol. The molecule has 15 rings (SSSR count). The second kappa shape index (κ2) is 84.5. The summed E-state index contributed by atoms with van der Waals surface area (Å²) >= 11 is 0. The van der Waals surface area contributed by atoms with Crippen molar-refractivity contribution >= 4 is 0 Å². The summed E-state index contributed by atoms with van der Waals surface area (Å²) in [6.07, 6.45) is 0. The van der Waals surface area contributed by atoms with Gasteiger partial charge < -0.3 is 0 Å². The van der Waals surface area contributed by atoms with Gasteiger partial charge in [0.25, 0.3) is 0 Å².